The number of morpholine rings is 1. The van der Waals surface area contributed by atoms with E-state index in [-0.39, 0.29) is 5.60 Å². The quantitative estimate of drug-likeness (QED) is 0.769. The molecule has 0 bridgehead atoms. The van der Waals surface area contributed by atoms with Gasteiger partial charge < -0.3 is 9.64 Å². The van der Waals surface area contributed by atoms with Gasteiger partial charge in [0.2, 0.25) is 0 Å². The maximum Gasteiger partial charge on any atom is 0.0801 e. The van der Waals surface area contributed by atoms with Gasteiger partial charge in [-0.05, 0) is 31.5 Å². The van der Waals surface area contributed by atoms with Crippen LogP contribution in [0.3, 0.4) is 0 Å². The second-order valence-corrected chi connectivity index (χ2v) is 6.06. The Morgan fingerprint density at radius 2 is 2.24 bits per heavy atom. The fourth-order valence-electron chi connectivity index (χ4n) is 2.08. The summed E-state index contributed by atoms with van der Waals surface area (Å²) >= 11 is 9.41. The smallest absolute Gasteiger partial charge is 0.0801 e. The zero-order chi connectivity index (χ0) is 12.5. The van der Waals surface area contributed by atoms with Crippen molar-refractivity contribution in [3.8, 4) is 0 Å². The normalized spacial score (nSPS) is 19.4. The molecule has 0 saturated carbocycles. The highest BCUT2D eigenvalue weighted by Crippen LogP contribution is 2.28. The maximum absolute atomic E-state index is 5.85. The van der Waals surface area contributed by atoms with Crippen molar-refractivity contribution in [1.29, 1.82) is 0 Å². The zero-order valence-corrected chi connectivity index (χ0v) is 12.5. The molecular formula is C13H17BrClNO. The average Bonchev–Trinajstić information content (AvgIpc) is 2.27. The summed E-state index contributed by atoms with van der Waals surface area (Å²) in [7, 11) is 0. The average molecular weight is 319 g/mol. The summed E-state index contributed by atoms with van der Waals surface area (Å²) in [5, 5.41) is 0. The summed E-state index contributed by atoms with van der Waals surface area (Å²) in [5.74, 6) is 0.537. The number of ether oxygens (including phenoxy) is 1. The Kier molecular flexibility index (Phi) is 4.01. The highest BCUT2D eigenvalue weighted by atomic mass is 79.9. The van der Waals surface area contributed by atoms with E-state index in [1.54, 1.807) is 0 Å². The molecule has 1 saturated heterocycles. The van der Waals surface area contributed by atoms with Gasteiger partial charge >= 0.3 is 0 Å². The van der Waals surface area contributed by atoms with Crippen molar-refractivity contribution in [3.63, 3.8) is 0 Å². The van der Waals surface area contributed by atoms with Crippen molar-refractivity contribution in [2.45, 2.75) is 25.3 Å². The molecule has 1 aromatic carbocycles. The van der Waals surface area contributed by atoms with E-state index in [1.807, 2.05) is 0 Å². The van der Waals surface area contributed by atoms with Crippen LogP contribution in [0.4, 0.5) is 5.69 Å². The van der Waals surface area contributed by atoms with Gasteiger partial charge in [0.1, 0.15) is 0 Å². The molecule has 0 amide bonds. The molecule has 0 aromatic heterocycles. The first kappa shape index (κ1) is 13.2. The Bertz CT molecular complexity index is 408. The molecule has 0 N–H and O–H groups in total. The first-order chi connectivity index (χ1) is 8.02. The Hall–Kier alpha value is -0.250. The molecule has 4 heteroatoms. The number of rotatable bonds is 2. The molecule has 1 fully saturated rings. The first-order valence-corrected chi connectivity index (χ1v) is 7.08. The lowest BCUT2D eigenvalue weighted by Gasteiger charge is -2.39. The Balaban J connectivity index is 2.19. The third-order valence-electron chi connectivity index (χ3n) is 2.97. The predicted octanol–water partition coefficient (Wildman–Crippen LogP) is 3.80. The van der Waals surface area contributed by atoms with Crippen molar-refractivity contribution in [2.75, 3.05) is 24.6 Å². The van der Waals surface area contributed by atoms with Gasteiger partial charge in [0, 0.05) is 29.1 Å². The number of alkyl halides is 1. The molecule has 0 unspecified atom stereocenters. The van der Waals surface area contributed by atoms with Crippen molar-refractivity contribution < 1.29 is 4.74 Å². The van der Waals surface area contributed by atoms with E-state index in [4.69, 9.17) is 16.3 Å². The van der Waals surface area contributed by atoms with Crippen molar-refractivity contribution in [1.82, 2.24) is 0 Å². The van der Waals surface area contributed by atoms with Crippen LogP contribution < -0.4 is 4.90 Å². The van der Waals surface area contributed by atoms with Crippen molar-refractivity contribution >= 4 is 33.2 Å². The van der Waals surface area contributed by atoms with E-state index >= 15 is 0 Å². The molecule has 1 aliphatic heterocycles. The Morgan fingerprint density at radius 3 is 2.82 bits per heavy atom. The van der Waals surface area contributed by atoms with Crippen LogP contribution in [0, 0.1) is 0 Å². The number of benzene rings is 1. The van der Waals surface area contributed by atoms with Crippen molar-refractivity contribution in [2.24, 2.45) is 0 Å². The summed E-state index contributed by atoms with van der Waals surface area (Å²) in [5.41, 5.74) is 2.28. The number of halogens is 2. The zero-order valence-electron chi connectivity index (χ0n) is 10.2. The highest BCUT2D eigenvalue weighted by Gasteiger charge is 2.27. The SMILES string of the molecule is CC1(C)CN(c2ccc(CCl)c(Br)c2)CCO1. The molecular weight excluding hydrogens is 302 g/mol. The van der Waals surface area contributed by atoms with E-state index in [2.05, 4.69) is 52.9 Å². The van der Waals surface area contributed by atoms with E-state index in [9.17, 15) is 0 Å². The van der Waals surface area contributed by atoms with Gasteiger partial charge in [-0.3, -0.25) is 0 Å². The molecule has 17 heavy (non-hydrogen) atoms. The van der Waals surface area contributed by atoms with Crippen LogP contribution in [-0.2, 0) is 10.6 Å². The lowest BCUT2D eigenvalue weighted by Crippen LogP contribution is -2.48. The summed E-state index contributed by atoms with van der Waals surface area (Å²) in [6.07, 6.45) is 0. The lowest BCUT2D eigenvalue weighted by molar-refractivity contribution is -0.0276. The first-order valence-electron chi connectivity index (χ1n) is 5.75. The molecule has 2 rings (SSSR count). The second kappa shape index (κ2) is 5.17. The fraction of sp³-hybridized carbons (Fsp3) is 0.538. The van der Waals surface area contributed by atoms with Gasteiger partial charge in [-0.2, -0.15) is 0 Å². The van der Waals surface area contributed by atoms with E-state index in [0.29, 0.717) is 5.88 Å². The molecule has 1 heterocycles. The summed E-state index contributed by atoms with van der Waals surface area (Å²) < 4.78 is 6.80. The molecule has 1 aliphatic rings. The standard InChI is InChI=1S/C13H17BrClNO/c1-13(2)9-16(5-6-17-13)11-4-3-10(8-15)12(14)7-11/h3-4,7H,5-6,8-9H2,1-2H3. The molecule has 94 valence electrons. The van der Waals surface area contributed by atoms with Crippen LogP contribution in [0.15, 0.2) is 22.7 Å². The van der Waals surface area contributed by atoms with Crippen molar-refractivity contribution in [3.05, 3.63) is 28.2 Å². The molecule has 0 radical (unpaired) electrons. The summed E-state index contributed by atoms with van der Waals surface area (Å²) in [6, 6.07) is 6.35. The largest absolute Gasteiger partial charge is 0.372 e. The minimum absolute atomic E-state index is 0.0735. The molecule has 1 aromatic rings. The van der Waals surface area contributed by atoms with Crippen LogP contribution in [-0.4, -0.2) is 25.3 Å². The van der Waals surface area contributed by atoms with Crippen LogP contribution in [0.1, 0.15) is 19.4 Å². The molecule has 0 aliphatic carbocycles. The number of hydrogen-bond acceptors (Lipinski definition) is 2. The molecule has 0 atom stereocenters. The second-order valence-electron chi connectivity index (χ2n) is 4.94. The van der Waals surface area contributed by atoms with E-state index in [1.165, 1.54) is 5.69 Å². The number of hydrogen-bond donors (Lipinski definition) is 0. The van der Waals surface area contributed by atoms with E-state index in [0.717, 1.165) is 29.7 Å². The molecule has 0 spiro atoms. The highest BCUT2D eigenvalue weighted by molar-refractivity contribution is 9.10. The van der Waals surface area contributed by atoms with Gasteiger partial charge in [-0.15, -0.1) is 11.6 Å². The third-order valence-corrected chi connectivity index (χ3v) is 4.00. The van der Waals surface area contributed by atoms with Gasteiger partial charge in [0.25, 0.3) is 0 Å². The van der Waals surface area contributed by atoms with E-state index < -0.39 is 0 Å². The fourth-order valence-corrected chi connectivity index (χ4v) is 2.98. The monoisotopic (exact) mass is 317 g/mol. The summed E-state index contributed by atoms with van der Waals surface area (Å²) in [6.45, 7) is 6.89. The lowest BCUT2D eigenvalue weighted by atomic mass is 10.1. The van der Waals surface area contributed by atoms with Gasteiger partial charge in [-0.1, -0.05) is 22.0 Å². The summed E-state index contributed by atoms with van der Waals surface area (Å²) in [4.78, 5) is 2.35. The maximum atomic E-state index is 5.85. The van der Waals surface area contributed by atoms with Gasteiger partial charge in [0.05, 0.1) is 12.2 Å². The van der Waals surface area contributed by atoms with Crippen LogP contribution in [0.5, 0.6) is 0 Å². The van der Waals surface area contributed by atoms with Gasteiger partial charge in [-0.25, -0.2) is 0 Å². The number of anilines is 1. The minimum Gasteiger partial charge on any atom is -0.372 e. The number of nitrogens with zero attached hydrogens (tertiary/aromatic N) is 1. The third kappa shape index (κ3) is 3.15. The van der Waals surface area contributed by atoms with Gasteiger partial charge in [0.15, 0.2) is 0 Å². The van der Waals surface area contributed by atoms with Crippen LogP contribution in [0.2, 0.25) is 0 Å². The molecule has 2 nitrogen and oxygen atoms in total. The topological polar surface area (TPSA) is 12.5 Å². The minimum atomic E-state index is -0.0735. The predicted molar refractivity (Wildman–Crippen MR) is 75.9 cm³/mol. The Labute approximate surface area is 116 Å². The Morgan fingerprint density at radius 1 is 1.47 bits per heavy atom. The van der Waals surface area contributed by atoms with Crippen LogP contribution >= 0.6 is 27.5 Å². The van der Waals surface area contributed by atoms with Crippen LogP contribution in [0.25, 0.3) is 0 Å².